The highest BCUT2D eigenvalue weighted by Gasteiger charge is 2.23. The van der Waals surface area contributed by atoms with Crippen molar-refractivity contribution >= 4 is 21.5 Å². The van der Waals surface area contributed by atoms with Crippen LogP contribution in [-0.4, -0.2) is 32.3 Å². The van der Waals surface area contributed by atoms with E-state index in [0.717, 1.165) is 18.9 Å². The van der Waals surface area contributed by atoms with Gasteiger partial charge in [0.25, 0.3) is 0 Å². The fourth-order valence-electron chi connectivity index (χ4n) is 1.87. The highest BCUT2D eigenvalue weighted by atomic mass is 28.3. The SMILES string of the molecule is [B]c1nn(COCC[Si](C)(C)C)cc1CC1CC1. The molecule has 1 fully saturated rings. The molecule has 2 rings (SSSR count). The molecule has 0 bridgehead atoms. The smallest absolute Gasteiger partial charge is 0.144 e. The van der Waals surface area contributed by atoms with Crippen molar-refractivity contribution in [2.75, 3.05) is 6.61 Å². The highest BCUT2D eigenvalue weighted by Crippen LogP contribution is 2.31. The summed E-state index contributed by atoms with van der Waals surface area (Å²) >= 11 is 0. The Kier molecular flexibility index (Phi) is 4.33. The van der Waals surface area contributed by atoms with Crippen LogP contribution in [0.4, 0.5) is 0 Å². The van der Waals surface area contributed by atoms with Crippen LogP contribution in [0.2, 0.25) is 25.7 Å². The van der Waals surface area contributed by atoms with Gasteiger partial charge < -0.3 is 4.74 Å². The van der Waals surface area contributed by atoms with E-state index in [2.05, 4.69) is 24.7 Å². The summed E-state index contributed by atoms with van der Waals surface area (Å²) in [6, 6.07) is 1.19. The largest absolute Gasteiger partial charge is 0.360 e. The second-order valence-corrected chi connectivity index (χ2v) is 12.2. The average molecular weight is 262 g/mol. The fraction of sp³-hybridized carbons (Fsp3) is 0.769. The van der Waals surface area contributed by atoms with Gasteiger partial charge in [-0.2, -0.15) is 5.10 Å². The minimum atomic E-state index is -0.994. The van der Waals surface area contributed by atoms with Crippen molar-refractivity contribution in [3.05, 3.63) is 11.8 Å². The van der Waals surface area contributed by atoms with E-state index in [-0.39, 0.29) is 0 Å². The summed E-state index contributed by atoms with van der Waals surface area (Å²) < 4.78 is 7.49. The van der Waals surface area contributed by atoms with E-state index in [4.69, 9.17) is 12.6 Å². The first kappa shape index (κ1) is 13.9. The molecule has 1 aliphatic rings. The summed E-state index contributed by atoms with van der Waals surface area (Å²) in [6.45, 7) is 8.43. The molecule has 1 aromatic rings. The molecule has 3 nitrogen and oxygen atoms in total. The summed E-state index contributed by atoms with van der Waals surface area (Å²) in [7, 11) is 4.92. The van der Waals surface area contributed by atoms with Gasteiger partial charge in [-0.15, -0.1) is 0 Å². The predicted molar refractivity (Wildman–Crippen MR) is 78.1 cm³/mol. The maximum Gasteiger partial charge on any atom is 0.144 e. The van der Waals surface area contributed by atoms with Crippen molar-refractivity contribution < 1.29 is 4.74 Å². The second kappa shape index (κ2) is 5.61. The van der Waals surface area contributed by atoms with Crippen molar-refractivity contribution in [1.29, 1.82) is 0 Å². The standard InChI is InChI=1S/C13H23BN2OSi/c1-18(2,3)7-6-17-10-16-9-12(13(14)15-16)8-11-4-5-11/h9,11H,4-8,10H2,1-3H3. The van der Waals surface area contributed by atoms with Gasteiger partial charge in [-0.05, 0) is 36.8 Å². The Morgan fingerprint density at radius 1 is 1.44 bits per heavy atom. The lowest BCUT2D eigenvalue weighted by molar-refractivity contribution is 0.0788. The Bertz CT molecular complexity index is 396. The van der Waals surface area contributed by atoms with Crippen LogP contribution in [0.3, 0.4) is 0 Å². The Hall–Kier alpha value is -0.548. The first-order chi connectivity index (χ1) is 8.44. The number of ether oxygens (including phenoxy) is 1. The van der Waals surface area contributed by atoms with E-state index < -0.39 is 8.07 Å². The van der Waals surface area contributed by atoms with E-state index in [0.29, 0.717) is 12.3 Å². The zero-order chi connectivity index (χ0) is 13.2. The lowest BCUT2D eigenvalue weighted by atomic mass is 9.97. The van der Waals surface area contributed by atoms with Gasteiger partial charge in [0.15, 0.2) is 0 Å². The van der Waals surface area contributed by atoms with Gasteiger partial charge in [-0.1, -0.05) is 19.6 Å². The van der Waals surface area contributed by atoms with Crippen LogP contribution >= 0.6 is 0 Å². The van der Waals surface area contributed by atoms with E-state index >= 15 is 0 Å². The molecule has 0 aliphatic heterocycles. The number of hydrogen-bond donors (Lipinski definition) is 0. The van der Waals surface area contributed by atoms with Crippen LogP contribution in [-0.2, 0) is 17.9 Å². The van der Waals surface area contributed by atoms with Crippen molar-refractivity contribution in [2.24, 2.45) is 5.92 Å². The summed E-state index contributed by atoms with van der Waals surface area (Å²) in [6.07, 6.45) is 5.82. The third kappa shape index (κ3) is 4.61. The Morgan fingerprint density at radius 2 is 2.17 bits per heavy atom. The van der Waals surface area contributed by atoms with Gasteiger partial charge in [0.05, 0.1) is 0 Å². The third-order valence-electron chi connectivity index (χ3n) is 3.30. The van der Waals surface area contributed by atoms with Crippen LogP contribution in [0, 0.1) is 5.92 Å². The minimum absolute atomic E-state index is 0.527. The molecule has 0 spiro atoms. The zero-order valence-corrected chi connectivity index (χ0v) is 12.8. The zero-order valence-electron chi connectivity index (χ0n) is 11.8. The number of aromatic nitrogens is 2. The van der Waals surface area contributed by atoms with Crippen molar-refractivity contribution in [1.82, 2.24) is 9.78 Å². The molecule has 0 atom stereocenters. The number of hydrogen-bond acceptors (Lipinski definition) is 2. The van der Waals surface area contributed by atoms with E-state index in [1.54, 1.807) is 0 Å². The molecule has 5 heteroatoms. The van der Waals surface area contributed by atoms with Gasteiger partial charge >= 0.3 is 0 Å². The monoisotopic (exact) mass is 262 g/mol. The molecular weight excluding hydrogens is 239 g/mol. The van der Waals surface area contributed by atoms with Gasteiger partial charge in [0.1, 0.15) is 14.6 Å². The van der Waals surface area contributed by atoms with Crippen LogP contribution in [0.15, 0.2) is 6.20 Å². The van der Waals surface area contributed by atoms with Crippen molar-refractivity contribution in [3.63, 3.8) is 0 Å². The van der Waals surface area contributed by atoms with Crippen LogP contribution in [0.25, 0.3) is 0 Å². The lowest BCUT2D eigenvalue weighted by Crippen LogP contribution is -2.22. The lowest BCUT2D eigenvalue weighted by Gasteiger charge is -2.15. The average Bonchev–Trinajstić information content (AvgIpc) is 2.99. The number of nitrogens with zero attached hydrogens (tertiary/aromatic N) is 2. The summed E-state index contributed by atoms with van der Waals surface area (Å²) in [5, 5.41) is 4.31. The maximum absolute atomic E-state index is 5.91. The van der Waals surface area contributed by atoms with Crippen LogP contribution in [0.5, 0.6) is 0 Å². The van der Waals surface area contributed by atoms with Crippen LogP contribution in [0.1, 0.15) is 18.4 Å². The maximum atomic E-state index is 5.91. The topological polar surface area (TPSA) is 27.1 Å². The molecule has 1 saturated carbocycles. The second-order valence-electron chi connectivity index (χ2n) is 6.57. The molecule has 1 aliphatic carbocycles. The van der Waals surface area contributed by atoms with Crippen LogP contribution < -0.4 is 5.59 Å². The molecule has 1 heterocycles. The van der Waals surface area contributed by atoms with Gasteiger partial charge in [0.2, 0.25) is 0 Å². The number of rotatable bonds is 7. The normalized spacial score (nSPS) is 16.2. The highest BCUT2D eigenvalue weighted by molar-refractivity contribution is 6.76. The predicted octanol–water partition coefficient (Wildman–Crippen LogP) is 1.94. The fourth-order valence-corrected chi connectivity index (χ4v) is 2.63. The van der Waals surface area contributed by atoms with E-state index in [1.165, 1.54) is 24.4 Å². The Balaban J connectivity index is 1.75. The first-order valence-corrected chi connectivity index (χ1v) is 10.5. The van der Waals surface area contributed by atoms with Gasteiger partial charge in [-0.3, -0.25) is 0 Å². The summed E-state index contributed by atoms with van der Waals surface area (Å²) in [5.41, 5.74) is 1.86. The van der Waals surface area contributed by atoms with Gasteiger partial charge in [-0.25, -0.2) is 4.68 Å². The van der Waals surface area contributed by atoms with Crippen molar-refractivity contribution in [2.45, 2.75) is 51.7 Å². The van der Waals surface area contributed by atoms with E-state index in [9.17, 15) is 0 Å². The molecular formula is C13H23BN2OSi. The molecule has 1 aromatic heterocycles. The molecule has 0 N–H and O–H groups in total. The quantitative estimate of drug-likeness (QED) is 0.554. The summed E-state index contributed by atoms with van der Waals surface area (Å²) in [5.74, 6) is 0.845. The van der Waals surface area contributed by atoms with E-state index in [1.807, 2.05) is 10.9 Å². The molecule has 0 saturated heterocycles. The molecule has 18 heavy (non-hydrogen) atoms. The molecule has 2 radical (unpaired) electrons. The summed E-state index contributed by atoms with van der Waals surface area (Å²) in [4.78, 5) is 0. The van der Waals surface area contributed by atoms with Gasteiger partial charge in [0, 0.05) is 26.5 Å². The molecule has 98 valence electrons. The Labute approximate surface area is 112 Å². The van der Waals surface area contributed by atoms with Crippen molar-refractivity contribution in [3.8, 4) is 0 Å². The first-order valence-electron chi connectivity index (χ1n) is 6.83. The Morgan fingerprint density at radius 3 is 2.78 bits per heavy atom. The third-order valence-corrected chi connectivity index (χ3v) is 5.00. The molecule has 0 amide bonds. The molecule has 0 aromatic carbocycles. The molecule has 0 unspecified atom stereocenters. The minimum Gasteiger partial charge on any atom is -0.360 e.